The van der Waals surface area contributed by atoms with E-state index in [0.717, 1.165) is 24.1 Å². The number of halogens is 1. The molecular weight excluding hydrogens is 269 g/mol. The van der Waals surface area contributed by atoms with Crippen molar-refractivity contribution in [2.24, 2.45) is 0 Å². The smallest absolute Gasteiger partial charge is 0.128 e. The van der Waals surface area contributed by atoms with Crippen LogP contribution in [0.2, 0.25) is 0 Å². The lowest BCUT2D eigenvalue weighted by Gasteiger charge is -2.19. The van der Waals surface area contributed by atoms with Crippen LogP contribution in [0.15, 0.2) is 24.3 Å². The van der Waals surface area contributed by atoms with Gasteiger partial charge in [-0.3, -0.25) is 0 Å². The molecule has 3 heteroatoms. The van der Waals surface area contributed by atoms with Crippen molar-refractivity contribution < 1.29 is 4.39 Å². The number of aryl methyl sites for hydroxylation is 3. The highest BCUT2D eigenvalue weighted by atomic mass is 32.1. The molecule has 1 N–H and O–H groups in total. The molecule has 20 heavy (non-hydrogen) atoms. The number of nitrogens with one attached hydrogen (secondary N) is 1. The summed E-state index contributed by atoms with van der Waals surface area (Å²) in [4.78, 5) is 2.49. The predicted octanol–water partition coefficient (Wildman–Crippen LogP) is 4.90. The molecule has 2 rings (SSSR count). The molecule has 1 heterocycles. The Morgan fingerprint density at radius 3 is 2.55 bits per heavy atom. The summed E-state index contributed by atoms with van der Waals surface area (Å²) in [5, 5.41) is 3.48. The molecule has 0 amide bonds. The normalized spacial score (nSPS) is 12.7. The molecule has 0 saturated heterocycles. The highest BCUT2D eigenvalue weighted by molar-refractivity contribution is 7.12. The lowest BCUT2D eigenvalue weighted by molar-refractivity contribution is 0.550. The van der Waals surface area contributed by atoms with Gasteiger partial charge >= 0.3 is 0 Å². The number of benzene rings is 1. The van der Waals surface area contributed by atoms with Gasteiger partial charge in [0.15, 0.2) is 0 Å². The Morgan fingerprint density at radius 2 is 1.95 bits per heavy atom. The molecule has 1 unspecified atom stereocenters. The van der Waals surface area contributed by atoms with Crippen molar-refractivity contribution in [3.63, 3.8) is 0 Å². The second-order valence-corrected chi connectivity index (χ2v) is 6.59. The van der Waals surface area contributed by atoms with Crippen LogP contribution in [0.25, 0.3) is 0 Å². The molecule has 0 spiro atoms. The Bertz CT molecular complexity index is 569. The summed E-state index contributed by atoms with van der Waals surface area (Å²) in [7, 11) is 0. The molecule has 1 aromatic carbocycles. The Kier molecular flexibility index (Phi) is 4.95. The maximum absolute atomic E-state index is 14.2. The Morgan fingerprint density at radius 1 is 1.20 bits per heavy atom. The van der Waals surface area contributed by atoms with Crippen LogP contribution in [-0.4, -0.2) is 6.54 Å². The van der Waals surface area contributed by atoms with Crippen molar-refractivity contribution in [3.05, 3.63) is 56.5 Å². The Labute approximate surface area is 124 Å². The van der Waals surface area contributed by atoms with Crippen LogP contribution < -0.4 is 5.32 Å². The van der Waals surface area contributed by atoms with E-state index in [1.165, 1.54) is 15.3 Å². The van der Waals surface area contributed by atoms with E-state index in [9.17, 15) is 4.39 Å². The van der Waals surface area contributed by atoms with E-state index in [2.05, 4.69) is 32.2 Å². The second kappa shape index (κ2) is 6.51. The molecule has 2 aromatic rings. The Balaban J connectivity index is 2.43. The van der Waals surface area contributed by atoms with Crippen LogP contribution in [0.5, 0.6) is 0 Å². The van der Waals surface area contributed by atoms with Gasteiger partial charge in [-0.1, -0.05) is 24.6 Å². The summed E-state index contributed by atoms with van der Waals surface area (Å²) in [6.07, 6.45) is 1.03. The lowest BCUT2D eigenvalue weighted by Crippen LogP contribution is -2.23. The fraction of sp³-hybridized carbons (Fsp3) is 0.412. The van der Waals surface area contributed by atoms with Gasteiger partial charge in [0, 0.05) is 15.3 Å². The van der Waals surface area contributed by atoms with E-state index in [1.807, 2.05) is 19.1 Å². The van der Waals surface area contributed by atoms with E-state index in [0.29, 0.717) is 0 Å². The average molecular weight is 291 g/mol. The molecule has 0 aliphatic rings. The maximum atomic E-state index is 14.2. The predicted molar refractivity (Wildman–Crippen MR) is 85.1 cm³/mol. The van der Waals surface area contributed by atoms with E-state index in [-0.39, 0.29) is 11.9 Å². The van der Waals surface area contributed by atoms with Crippen LogP contribution in [0.1, 0.15) is 45.8 Å². The molecule has 0 bridgehead atoms. The topological polar surface area (TPSA) is 12.0 Å². The lowest BCUT2D eigenvalue weighted by atomic mass is 10.0. The zero-order valence-corrected chi connectivity index (χ0v) is 13.4. The van der Waals surface area contributed by atoms with Gasteiger partial charge < -0.3 is 5.32 Å². The van der Waals surface area contributed by atoms with Crippen molar-refractivity contribution in [1.29, 1.82) is 0 Å². The van der Waals surface area contributed by atoms with Gasteiger partial charge in [-0.05, 0) is 51.4 Å². The van der Waals surface area contributed by atoms with E-state index in [1.54, 1.807) is 17.4 Å². The molecule has 108 valence electrons. The van der Waals surface area contributed by atoms with Crippen LogP contribution in [-0.2, 0) is 0 Å². The van der Waals surface area contributed by atoms with Crippen LogP contribution in [0.4, 0.5) is 4.39 Å². The summed E-state index contributed by atoms with van der Waals surface area (Å²) >= 11 is 1.75. The second-order valence-electron chi connectivity index (χ2n) is 5.30. The number of hydrogen-bond donors (Lipinski definition) is 1. The molecule has 0 saturated carbocycles. The van der Waals surface area contributed by atoms with Crippen molar-refractivity contribution >= 4 is 11.3 Å². The highest BCUT2D eigenvalue weighted by Crippen LogP contribution is 2.32. The zero-order chi connectivity index (χ0) is 14.7. The highest BCUT2D eigenvalue weighted by Gasteiger charge is 2.19. The van der Waals surface area contributed by atoms with E-state index < -0.39 is 0 Å². The summed E-state index contributed by atoms with van der Waals surface area (Å²) < 4.78 is 14.2. The monoisotopic (exact) mass is 291 g/mol. The molecule has 0 aliphatic heterocycles. The van der Waals surface area contributed by atoms with Crippen molar-refractivity contribution in [3.8, 4) is 0 Å². The first-order valence-corrected chi connectivity index (χ1v) is 7.91. The first-order valence-electron chi connectivity index (χ1n) is 7.09. The zero-order valence-electron chi connectivity index (χ0n) is 12.6. The quantitative estimate of drug-likeness (QED) is 0.826. The summed E-state index contributed by atoms with van der Waals surface area (Å²) in [6, 6.07) is 7.47. The Hall–Kier alpha value is -1.19. The van der Waals surface area contributed by atoms with Gasteiger partial charge in [0.25, 0.3) is 0 Å². The molecule has 1 atom stereocenters. The third-order valence-electron chi connectivity index (χ3n) is 3.53. The standard InChI is InChI=1S/C17H22FNS/c1-5-8-19-17(16-10-12(3)13(4)20-16)14-9-11(2)6-7-15(14)18/h6-7,9-10,17,19H,5,8H2,1-4H3. The van der Waals surface area contributed by atoms with Crippen LogP contribution >= 0.6 is 11.3 Å². The van der Waals surface area contributed by atoms with Crippen molar-refractivity contribution in [2.45, 2.75) is 40.2 Å². The average Bonchev–Trinajstić information content (AvgIpc) is 2.74. The van der Waals surface area contributed by atoms with Crippen molar-refractivity contribution in [1.82, 2.24) is 5.32 Å². The molecule has 0 fully saturated rings. The first-order chi connectivity index (χ1) is 9.52. The number of hydrogen-bond acceptors (Lipinski definition) is 2. The fourth-order valence-corrected chi connectivity index (χ4v) is 3.42. The fourth-order valence-electron chi connectivity index (χ4n) is 2.28. The van der Waals surface area contributed by atoms with Gasteiger partial charge in [0.1, 0.15) is 5.82 Å². The van der Waals surface area contributed by atoms with Gasteiger partial charge in [-0.15, -0.1) is 11.3 Å². The molecule has 1 aromatic heterocycles. The van der Waals surface area contributed by atoms with Gasteiger partial charge in [0.2, 0.25) is 0 Å². The summed E-state index contributed by atoms with van der Waals surface area (Å²) in [5.74, 6) is -0.132. The summed E-state index contributed by atoms with van der Waals surface area (Å²) in [6.45, 7) is 9.24. The van der Waals surface area contributed by atoms with Gasteiger partial charge in [-0.2, -0.15) is 0 Å². The number of thiophene rings is 1. The van der Waals surface area contributed by atoms with Crippen LogP contribution in [0.3, 0.4) is 0 Å². The third kappa shape index (κ3) is 3.28. The van der Waals surface area contributed by atoms with Crippen molar-refractivity contribution in [2.75, 3.05) is 6.54 Å². The van der Waals surface area contributed by atoms with Gasteiger partial charge in [-0.25, -0.2) is 4.39 Å². The van der Waals surface area contributed by atoms with E-state index in [4.69, 9.17) is 0 Å². The first kappa shape index (κ1) is 15.2. The van der Waals surface area contributed by atoms with E-state index >= 15 is 0 Å². The van der Waals surface area contributed by atoms with Crippen LogP contribution in [0, 0.1) is 26.6 Å². The SMILES string of the molecule is CCCNC(c1cc(C)c(C)s1)c1cc(C)ccc1F. The molecule has 1 nitrogen and oxygen atoms in total. The maximum Gasteiger partial charge on any atom is 0.128 e. The molecular formula is C17H22FNS. The third-order valence-corrected chi connectivity index (χ3v) is 4.75. The minimum absolute atomic E-state index is 0.0488. The summed E-state index contributed by atoms with van der Waals surface area (Å²) in [5.41, 5.74) is 3.12. The minimum Gasteiger partial charge on any atom is -0.306 e. The number of rotatable bonds is 5. The molecule has 0 radical (unpaired) electrons. The van der Waals surface area contributed by atoms with Gasteiger partial charge in [0.05, 0.1) is 6.04 Å². The largest absolute Gasteiger partial charge is 0.306 e. The minimum atomic E-state index is -0.132. The molecule has 0 aliphatic carbocycles.